The van der Waals surface area contributed by atoms with Crippen molar-refractivity contribution >= 4 is 47.7 Å². The van der Waals surface area contributed by atoms with Crippen molar-refractivity contribution in [3.63, 3.8) is 0 Å². The maximum absolute atomic E-state index is 12.3. The number of para-hydroxylation sites is 1. The fourth-order valence-electron chi connectivity index (χ4n) is 2.93. The van der Waals surface area contributed by atoms with E-state index in [1.54, 1.807) is 23.5 Å². The first-order chi connectivity index (χ1) is 10.8. The second-order valence-electron chi connectivity index (χ2n) is 5.57. The highest BCUT2D eigenvalue weighted by atomic mass is 35.5. The summed E-state index contributed by atoms with van der Waals surface area (Å²) in [6.07, 6.45) is 2.48. The van der Waals surface area contributed by atoms with Crippen LogP contribution in [0.5, 0.6) is 0 Å². The summed E-state index contributed by atoms with van der Waals surface area (Å²) in [5.41, 5.74) is 6.95. The minimum Gasteiger partial charge on any atom is -0.398 e. The third kappa shape index (κ3) is 4.86. The number of halogens is 2. The molecular weight excluding hydrogens is 365 g/mol. The van der Waals surface area contributed by atoms with Crippen LogP contribution in [0, 0.1) is 0 Å². The topological polar surface area (TPSA) is 58.4 Å². The predicted molar refractivity (Wildman–Crippen MR) is 106 cm³/mol. The Bertz CT molecular complexity index is 631. The molecule has 2 heterocycles. The van der Waals surface area contributed by atoms with Crippen molar-refractivity contribution < 1.29 is 4.79 Å². The zero-order chi connectivity index (χ0) is 15.4. The van der Waals surface area contributed by atoms with Gasteiger partial charge in [0.25, 0.3) is 5.91 Å². The number of nitrogens with one attached hydrogen (secondary N) is 1. The average molecular weight is 388 g/mol. The Labute approximate surface area is 159 Å². The van der Waals surface area contributed by atoms with Gasteiger partial charge in [-0.05, 0) is 49.5 Å². The van der Waals surface area contributed by atoms with Crippen LogP contribution < -0.4 is 11.1 Å². The van der Waals surface area contributed by atoms with Crippen LogP contribution in [0.25, 0.3) is 0 Å². The molecule has 0 radical (unpaired) electrons. The van der Waals surface area contributed by atoms with E-state index in [1.165, 1.54) is 17.7 Å². The highest BCUT2D eigenvalue weighted by molar-refractivity contribution is 7.10. The first kappa shape index (κ1) is 20.8. The first-order valence-corrected chi connectivity index (χ1v) is 8.54. The molecule has 7 heteroatoms. The van der Waals surface area contributed by atoms with Crippen molar-refractivity contribution in [1.29, 1.82) is 0 Å². The van der Waals surface area contributed by atoms with E-state index in [0.717, 1.165) is 13.1 Å². The lowest BCUT2D eigenvalue weighted by atomic mass is 10.1. The van der Waals surface area contributed by atoms with Crippen molar-refractivity contribution in [1.82, 2.24) is 10.2 Å². The van der Waals surface area contributed by atoms with E-state index in [1.807, 2.05) is 12.1 Å². The van der Waals surface area contributed by atoms with Crippen molar-refractivity contribution in [2.75, 3.05) is 25.4 Å². The number of carbonyl (C=O) groups is 1. The van der Waals surface area contributed by atoms with E-state index < -0.39 is 0 Å². The van der Waals surface area contributed by atoms with Gasteiger partial charge in [-0.2, -0.15) is 0 Å². The monoisotopic (exact) mass is 387 g/mol. The number of hydrogen-bond donors (Lipinski definition) is 2. The van der Waals surface area contributed by atoms with E-state index in [-0.39, 0.29) is 36.8 Å². The molecule has 1 amide bonds. The number of anilines is 1. The molecule has 0 bridgehead atoms. The first-order valence-electron chi connectivity index (χ1n) is 7.66. The molecule has 0 saturated carbocycles. The van der Waals surface area contributed by atoms with Gasteiger partial charge in [0.05, 0.1) is 11.6 Å². The van der Waals surface area contributed by atoms with Crippen LogP contribution in [0.15, 0.2) is 41.8 Å². The van der Waals surface area contributed by atoms with Crippen LogP contribution in [0.4, 0.5) is 5.69 Å². The van der Waals surface area contributed by atoms with E-state index in [9.17, 15) is 4.79 Å². The number of nitrogens with zero attached hydrogens (tertiary/aromatic N) is 1. The second kappa shape index (κ2) is 9.89. The molecule has 0 spiro atoms. The number of thiophene rings is 1. The third-order valence-electron chi connectivity index (χ3n) is 4.11. The summed E-state index contributed by atoms with van der Waals surface area (Å²) in [6, 6.07) is 11.7. The Kier molecular flexibility index (Phi) is 8.56. The molecular formula is C17H23Cl2N3OS. The standard InChI is InChI=1S/C17H21N3OS.2ClH/c18-14-7-2-1-6-13(14)17(21)19-12-15(16-8-5-11-22-16)20-9-3-4-10-20;;/h1-2,5-8,11,15H,3-4,9-10,12,18H2,(H,19,21);2*1H. The van der Waals surface area contributed by atoms with Crippen molar-refractivity contribution in [2.45, 2.75) is 18.9 Å². The quantitative estimate of drug-likeness (QED) is 0.768. The van der Waals surface area contributed by atoms with E-state index in [2.05, 4.69) is 27.7 Å². The fourth-order valence-corrected chi connectivity index (χ4v) is 3.79. The lowest BCUT2D eigenvalue weighted by molar-refractivity contribution is 0.0939. The van der Waals surface area contributed by atoms with E-state index >= 15 is 0 Å². The number of likely N-dealkylation sites (tertiary alicyclic amines) is 1. The predicted octanol–water partition coefficient (Wildman–Crippen LogP) is 3.74. The molecule has 1 aliphatic rings. The van der Waals surface area contributed by atoms with E-state index in [0.29, 0.717) is 17.8 Å². The van der Waals surface area contributed by atoms with Gasteiger partial charge >= 0.3 is 0 Å². The summed E-state index contributed by atoms with van der Waals surface area (Å²) in [5, 5.41) is 5.14. The van der Waals surface area contributed by atoms with Gasteiger partial charge in [-0.1, -0.05) is 18.2 Å². The van der Waals surface area contributed by atoms with Gasteiger partial charge in [0.15, 0.2) is 0 Å². The lowest BCUT2D eigenvalue weighted by Gasteiger charge is -2.27. The van der Waals surface area contributed by atoms with E-state index in [4.69, 9.17) is 5.73 Å². The molecule has 24 heavy (non-hydrogen) atoms. The maximum atomic E-state index is 12.3. The smallest absolute Gasteiger partial charge is 0.253 e. The molecule has 3 rings (SSSR count). The highest BCUT2D eigenvalue weighted by Gasteiger charge is 2.24. The molecule has 3 N–H and O–H groups in total. The molecule has 1 fully saturated rings. The Morgan fingerprint density at radius 3 is 2.50 bits per heavy atom. The average Bonchev–Trinajstić information content (AvgIpc) is 3.21. The number of nitrogens with two attached hydrogens (primary N) is 1. The van der Waals surface area contributed by atoms with Crippen molar-refractivity contribution in [3.05, 3.63) is 52.2 Å². The van der Waals surface area contributed by atoms with Gasteiger partial charge in [0, 0.05) is 17.1 Å². The molecule has 132 valence electrons. The van der Waals surface area contributed by atoms with Gasteiger partial charge in [-0.25, -0.2) is 0 Å². The molecule has 1 saturated heterocycles. The SMILES string of the molecule is Cl.Cl.Nc1ccccc1C(=O)NCC(c1cccs1)N1CCCC1. The Morgan fingerprint density at radius 1 is 1.17 bits per heavy atom. The molecule has 1 unspecified atom stereocenters. The van der Waals surface area contributed by atoms with Crippen molar-refractivity contribution in [2.24, 2.45) is 0 Å². The van der Waals surface area contributed by atoms with Gasteiger partial charge < -0.3 is 11.1 Å². The number of nitrogen functional groups attached to an aromatic ring is 1. The van der Waals surface area contributed by atoms with Gasteiger partial charge in [-0.3, -0.25) is 9.69 Å². The maximum Gasteiger partial charge on any atom is 0.253 e. The van der Waals surface area contributed by atoms with Crippen LogP contribution >= 0.6 is 36.2 Å². The summed E-state index contributed by atoms with van der Waals surface area (Å²) in [4.78, 5) is 16.1. The normalized spacial score (nSPS) is 15.2. The Balaban J connectivity index is 0.00000144. The Hall–Kier alpha value is -1.27. The minimum atomic E-state index is -0.0983. The number of amides is 1. The summed E-state index contributed by atoms with van der Waals surface area (Å²) in [6.45, 7) is 2.82. The van der Waals surface area contributed by atoms with Crippen LogP contribution in [0.3, 0.4) is 0 Å². The zero-order valence-corrected chi connectivity index (χ0v) is 15.8. The molecule has 1 atom stereocenters. The van der Waals surface area contributed by atoms with Gasteiger partial charge in [0.1, 0.15) is 0 Å². The van der Waals surface area contributed by atoms with Crippen molar-refractivity contribution in [3.8, 4) is 0 Å². The lowest BCUT2D eigenvalue weighted by Crippen LogP contribution is -2.36. The van der Waals surface area contributed by atoms with Crippen LogP contribution in [-0.2, 0) is 0 Å². The van der Waals surface area contributed by atoms with Gasteiger partial charge in [0.2, 0.25) is 0 Å². The summed E-state index contributed by atoms with van der Waals surface area (Å²) in [5.74, 6) is -0.0983. The van der Waals surface area contributed by atoms with Crippen LogP contribution in [0.1, 0.15) is 34.1 Å². The highest BCUT2D eigenvalue weighted by Crippen LogP contribution is 2.28. The molecule has 4 nitrogen and oxygen atoms in total. The number of rotatable bonds is 5. The van der Waals surface area contributed by atoms with Gasteiger partial charge in [-0.15, -0.1) is 36.2 Å². The summed E-state index contributed by atoms with van der Waals surface area (Å²) in [7, 11) is 0. The minimum absolute atomic E-state index is 0. The molecule has 2 aromatic rings. The Morgan fingerprint density at radius 2 is 1.88 bits per heavy atom. The molecule has 1 aromatic heterocycles. The molecule has 1 aromatic carbocycles. The molecule has 0 aliphatic carbocycles. The fraction of sp³-hybridized carbons (Fsp3) is 0.353. The zero-order valence-electron chi connectivity index (χ0n) is 13.3. The number of benzene rings is 1. The number of carbonyl (C=O) groups excluding carboxylic acids is 1. The van der Waals surface area contributed by atoms with Crippen LogP contribution in [0.2, 0.25) is 0 Å². The summed E-state index contributed by atoms with van der Waals surface area (Å²) < 4.78 is 0. The summed E-state index contributed by atoms with van der Waals surface area (Å²) >= 11 is 1.75. The van der Waals surface area contributed by atoms with Crippen LogP contribution in [-0.4, -0.2) is 30.4 Å². The molecule has 1 aliphatic heterocycles. The largest absolute Gasteiger partial charge is 0.398 e. The third-order valence-corrected chi connectivity index (χ3v) is 5.09. The second-order valence-corrected chi connectivity index (χ2v) is 6.55. The number of hydrogen-bond acceptors (Lipinski definition) is 4.